The van der Waals surface area contributed by atoms with Crippen molar-refractivity contribution in [3.63, 3.8) is 0 Å². The lowest BCUT2D eigenvalue weighted by Gasteiger charge is -2.35. The van der Waals surface area contributed by atoms with Crippen LogP contribution in [0.5, 0.6) is 0 Å². The van der Waals surface area contributed by atoms with Gasteiger partial charge in [-0.2, -0.15) is 0 Å². The molecule has 0 saturated carbocycles. The third-order valence-electron chi connectivity index (χ3n) is 6.42. The molecule has 0 radical (unpaired) electrons. The Labute approximate surface area is 178 Å². The van der Waals surface area contributed by atoms with E-state index in [1.807, 2.05) is 0 Å². The topological polar surface area (TPSA) is 49.3 Å². The summed E-state index contributed by atoms with van der Waals surface area (Å²) in [6.07, 6.45) is 9.11. The number of nitrogens with zero attached hydrogens (tertiary/aromatic N) is 3. The Morgan fingerprint density at radius 1 is 1.10 bits per heavy atom. The average molecular weight is 409 g/mol. The van der Waals surface area contributed by atoms with Crippen molar-refractivity contribution in [1.82, 2.24) is 15.1 Å². The van der Waals surface area contributed by atoms with Gasteiger partial charge in [0.1, 0.15) is 0 Å². The molecule has 6 heteroatoms. The first kappa shape index (κ1) is 22.8. The Morgan fingerprint density at radius 3 is 2.62 bits per heavy atom. The lowest BCUT2D eigenvalue weighted by molar-refractivity contribution is -0.0721. The molecule has 3 aliphatic heterocycles. The van der Waals surface area contributed by atoms with Crippen LogP contribution in [-0.2, 0) is 9.47 Å². The molecule has 0 bridgehead atoms. The zero-order valence-electron chi connectivity index (χ0n) is 19.1. The van der Waals surface area contributed by atoms with E-state index in [1.165, 1.54) is 38.8 Å². The summed E-state index contributed by atoms with van der Waals surface area (Å²) >= 11 is 0. The van der Waals surface area contributed by atoms with Crippen molar-refractivity contribution in [3.8, 4) is 0 Å². The van der Waals surface area contributed by atoms with Crippen LogP contribution in [0.25, 0.3) is 0 Å². The van der Waals surface area contributed by atoms with Crippen molar-refractivity contribution in [1.29, 1.82) is 0 Å². The Morgan fingerprint density at radius 2 is 1.93 bits per heavy atom. The van der Waals surface area contributed by atoms with Crippen LogP contribution in [0.2, 0.25) is 0 Å². The Balaban J connectivity index is 1.44. The molecule has 0 aliphatic carbocycles. The predicted molar refractivity (Wildman–Crippen MR) is 120 cm³/mol. The largest absolute Gasteiger partial charge is 0.376 e. The van der Waals surface area contributed by atoms with Crippen LogP contribution in [0.3, 0.4) is 0 Å². The van der Waals surface area contributed by atoms with Gasteiger partial charge in [-0.05, 0) is 64.3 Å². The molecule has 1 N–H and O–H groups in total. The normalized spacial score (nSPS) is 27.7. The van der Waals surface area contributed by atoms with Gasteiger partial charge >= 0.3 is 0 Å². The highest BCUT2D eigenvalue weighted by atomic mass is 16.5. The monoisotopic (exact) mass is 408 g/mol. The molecule has 6 nitrogen and oxygen atoms in total. The maximum Gasteiger partial charge on any atom is 0.193 e. The summed E-state index contributed by atoms with van der Waals surface area (Å²) in [4.78, 5) is 10.1. The van der Waals surface area contributed by atoms with Crippen LogP contribution >= 0.6 is 0 Å². The fourth-order valence-electron chi connectivity index (χ4n) is 4.85. The van der Waals surface area contributed by atoms with E-state index in [0.29, 0.717) is 18.2 Å². The highest BCUT2D eigenvalue weighted by Gasteiger charge is 2.26. The van der Waals surface area contributed by atoms with Crippen LogP contribution in [0, 0.1) is 5.92 Å². The minimum atomic E-state index is 0.320. The maximum absolute atomic E-state index is 6.18. The number of guanidine groups is 1. The first-order valence-corrected chi connectivity index (χ1v) is 12.2. The van der Waals surface area contributed by atoms with E-state index in [4.69, 9.17) is 14.5 Å². The van der Waals surface area contributed by atoms with Gasteiger partial charge < -0.3 is 19.7 Å². The second-order valence-corrected chi connectivity index (χ2v) is 9.39. The van der Waals surface area contributed by atoms with Crippen LogP contribution in [0.4, 0.5) is 0 Å². The fourth-order valence-corrected chi connectivity index (χ4v) is 4.85. The van der Waals surface area contributed by atoms with Crippen LogP contribution in [0.1, 0.15) is 65.7 Å². The number of aliphatic imine (C=N–C) groups is 1. The molecule has 29 heavy (non-hydrogen) atoms. The summed E-state index contributed by atoms with van der Waals surface area (Å²) in [5.74, 6) is 1.82. The Kier molecular flexibility index (Phi) is 9.53. The summed E-state index contributed by atoms with van der Waals surface area (Å²) in [7, 11) is 0. The van der Waals surface area contributed by atoms with Gasteiger partial charge in [0.2, 0.25) is 0 Å². The van der Waals surface area contributed by atoms with Gasteiger partial charge in [0.15, 0.2) is 5.96 Å². The number of piperidine rings is 1. The smallest absolute Gasteiger partial charge is 0.193 e. The molecule has 3 aliphatic rings. The number of ether oxygens (including phenoxy) is 2. The molecule has 168 valence electrons. The van der Waals surface area contributed by atoms with E-state index in [2.05, 4.69) is 35.9 Å². The van der Waals surface area contributed by atoms with Gasteiger partial charge in [0.05, 0.1) is 25.4 Å². The zero-order chi connectivity index (χ0) is 20.5. The minimum Gasteiger partial charge on any atom is -0.376 e. The van der Waals surface area contributed by atoms with E-state index in [1.54, 1.807) is 0 Å². The average Bonchev–Trinajstić information content (AvgIpc) is 3.17. The first-order chi connectivity index (χ1) is 14.2. The Bertz CT molecular complexity index is 485. The van der Waals surface area contributed by atoms with Gasteiger partial charge in [0.25, 0.3) is 0 Å². The van der Waals surface area contributed by atoms with E-state index >= 15 is 0 Å². The van der Waals surface area contributed by atoms with Gasteiger partial charge in [0, 0.05) is 38.8 Å². The van der Waals surface area contributed by atoms with Crippen molar-refractivity contribution in [2.45, 2.75) is 84.0 Å². The molecule has 3 saturated heterocycles. The molecule has 3 fully saturated rings. The van der Waals surface area contributed by atoms with E-state index in [9.17, 15) is 0 Å². The molecule has 0 aromatic heterocycles. The predicted octanol–water partition coefficient (Wildman–Crippen LogP) is 3.12. The lowest BCUT2D eigenvalue weighted by atomic mass is 10.1. The molecular formula is C23H44N4O2. The number of hydrogen-bond donors (Lipinski definition) is 1. The maximum atomic E-state index is 6.18. The Hall–Kier alpha value is -0.850. The fraction of sp³-hybridized carbons (Fsp3) is 0.957. The molecule has 0 spiro atoms. The second-order valence-electron chi connectivity index (χ2n) is 9.39. The van der Waals surface area contributed by atoms with Crippen LogP contribution in [0.15, 0.2) is 4.99 Å². The third-order valence-corrected chi connectivity index (χ3v) is 6.42. The van der Waals surface area contributed by atoms with Gasteiger partial charge in [-0.1, -0.05) is 13.8 Å². The lowest BCUT2D eigenvalue weighted by Crippen LogP contribution is -2.48. The van der Waals surface area contributed by atoms with Crippen molar-refractivity contribution < 1.29 is 9.47 Å². The van der Waals surface area contributed by atoms with Crippen molar-refractivity contribution in [3.05, 3.63) is 0 Å². The van der Waals surface area contributed by atoms with Crippen molar-refractivity contribution >= 4 is 5.96 Å². The first-order valence-electron chi connectivity index (χ1n) is 12.2. The highest BCUT2D eigenvalue weighted by molar-refractivity contribution is 5.80. The molecule has 3 rings (SSSR count). The van der Waals surface area contributed by atoms with Crippen LogP contribution in [-0.4, -0.2) is 86.5 Å². The summed E-state index contributed by atoms with van der Waals surface area (Å²) in [6.45, 7) is 14.8. The number of hydrogen-bond acceptors (Lipinski definition) is 4. The minimum absolute atomic E-state index is 0.320. The van der Waals surface area contributed by atoms with Crippen molar-refractivity contribution in [2.24, 2.45) is 10.9 Å². The highest BCUT2D eigenvalue weighted by Crippen LogP contribution is 2.20. The molecule has 3 heterocycles. The summed E-state index contributed by atoms with van der Waals surface area (Å²) in [5, 5.41) is 3.53. The van der Waals surface area contributed by atoms with Gasteiger partial charge in [-0.3, -0.25) is 9.89 Å². The number of rotatable bonds is 8. The molecule has 1 unspecified atom stereocenters. The number of likely N-dealkylation sites (tertiary alicyclic amines) is 2. The van der Waals surface area contributed by atoms with Gasteiger partial charge in [-0.15, -0.1) is 0 Å². The second kappa shape index (κ2) is 12.1. The molecule has 0 amide bonds. The quantitative estimate of drug-likeness (QED) is 0.494. The van der Waals surface area contributed by atoms with E-state index in [-0.39, 0.29) is 0 Å². The zero-order valence-corrected chi connectivity index (χ0v) is 19.1. The summed E-state index contributed by atoms with van der Waals surface area (Å²) in [5.41, 5.74) is 0. The van der Waals surface area contributed by atoms with E-state index in [0.717, 1.165) is 70.5 Å². The number of nitrogens with one attached hydrogen (secondary N) is 1. The molecule has 2 atom stereocenters. The van der Waals surface area contributed by atoms with E-state index < -0.39 is 0 Å². The summed E-state index contributed by atoms with van der Waals surface area (Å²) in [6, 6.07) is 0.613. The molecular weight excluding hydrogens is 364 g/mol. The molecule has 0 aromatic rings. The molecule has 0 aromatic carbocycles. The standard InChI is InChI=1S/C23H44N4O2/c1-4-24-23(25-16-20-8-7-12-27(20)17-19(2)3)26-13-10-21(11-14-26)29-18-22-9-5-6-15-28-22/h19-22H,4-18H2,1-3H3,(H,24,25)/t20-,22?/m1/s1. The van der Waals surface area contributed by atoms with Gasteiger partial charge in [-0.25, -0.2) is 0 Å². The van der Waals surface area contributed by atoms with Crippen molar-refractivity contribution in [2.75, 3.05) is 52.5 Å². The summed E-state index contributed by atoms with van der Waals surface area (Å²) < 4.78 is 12.0. The van der Waals surface area contributed by atoms with Crippen LogP contribution < -0.4 is 5.32 Å². The third kappa shape index (κ3) is 7.41. The SMILES string of the molecule is CCNC(=NC[C@H]1CCCN1CC(C)C)N1CCC(OCC2CCCCO2)CC1.